The molecule has 0 unspecified atom stereocenters. The highest BCUT2D eigenvalue weighted by Gasteiger charge is 2.43. The van der Waals surface area contributed by atoms with Crippen LogP contribution in [0.25, 0.3) is 0 Å². The number of hydrogen-bond acceptors (Lipinski definition) is 5. The molecule has 0 aliphatic carbocycles. The summed E-state index contributed by atoms with van der Waals surface area (Å²) in [4.78, 5) is 23.3. The number of hydroxylamine groups is 2. The first kappa shape index (κ1) is 18.2. The lowest BCUT2D eigenvalue weighted by atomic mass is 9.86. The summed E-state index contributed by atoms with van der Waals surface area (Å²) in [6.07, 6.45) is 1.85. The van der Waals surface area contributed by atoms with E-state index in [-0.39, 0.29) is 5.60 Å². The highest BCUT2D eigenvalue weighted by atomic mass is 127. The monoisotopic (exact) mass is 477 g/mol. The van der Waals surface area contributed by atoms with E-state index < -0.39 is 6.09 Å². The van der Waals surface area contributed by atoms with Gasteiger partial charge in [0.1, 0.15) is 5.60 Å². The second kappa shape index (κ2) is 7.85. The molecule has 6 nitrogen and oxygen atoms in total. The topological polar surface area (TPSA) is 63.2 Å². The fraction of sp³-hybridized carbons (Fsp3) is 0.300. The molecule has 1 spiro atoms. The lowest BCUT2D eigenvalue weighted by Gasteiger charge is -2.35. The number of nitrogens with one attached hydrogen (secondary N) is 1. The van der Waals surface area contributed by atoms with Crippen LogP contribution in [0.4, 0.5) is 10.5 Å². The third-order valence-corrected chi connectivity index (χ3v) is 5.60. The Kier molecular flexibility index (Phi) is 5.31. The van der Waals surface area contributed by atoms with Gasteiger partial charge in [0.2, 0.25) is 0 Å². The molecule has 0 aromatic heterocycles. The number of carbonyl (C=O) groups is 1. The average molecular weight is 477 g/mol. The van der Waals surface area contributed by atoms with E-state index in [2.05, 4.69) is 33.1 Å². The van der Waals surface area contributed by atoms with Gasteiger partial charge in [-0.1, -0.05) is 35.5 Å². The zero-order valence-corrected chi connectivity index (χ0v) is 16.9. The fourth-order valence-electron chi connectivity index (χ4n) is 3.35. The molecule has 2 aromatic carbocycles. The van der Waals surface area contributed by atoms with Gasteiger partial charge in [-0.15, -0.1) is 5.06 Å². The molecule has 1 amide bonds. The summed E-state index contributed by atoms with van der Waals surface area (Å²) in [5.74, 6) is 0. The van der Waals surface area contributed by atoms with Gasteiger partial charge in [0.25, 0.3) is 0 Å². The number of anilines is 1. The minimum absolute atomic E-state index is 0.280. The molecule has 2 aliphatic heterocycles. The standard InChI is InChI=1S/C20H20IN3O3/c21-16-6-8-17(9-7-16)22-19(25)26-24-12-10-20(11-13-24)14-18(23-27-20)15-4-2-1-3-5-15/h1-9H,10-14H2,(H,22,25). The molecule has 1 fully saturated rings. The first-order chi connectivity index (χ1) is 13.1. The van der Waals surface area contributed by atoms with Crippen LogP contribution in [0.5, 0.6) is 0 Å². The third kappa shape index (κ3) is 4.41. The average Bonchev–Trinajstić information content (AvgIpc) is 3.10. The summed E-state index contributed by atoms with van der Waals surface area (Å²) < 4.78 is 1.11. The van der Waals surface area contributed by atoms with E-state index in [9.17, 15) is 4.79 Å². The molecule has 7 heteroatoms. The van der Waals surface area contributed by atoms with Crippen molar-refractivity contribution in [3.8, 4) is 0 Å². The summed E-state index contributed by atoms with van der Waals surface area (Å²) in [6.45, 7) is 1.25. The SMILES string of the molecule is O=C(Nc1ccc(I)cc1)ON1CCC2(CC1)CC(c1ccccc1)=NO2. The Balaban J connectivity index is 1.27. The summed E-state index contributed by atoms with van der Waals surface area (Å²) in [6, 6.07) is 17.7. The minimum Gasteiger partial charge on any atom is -0.388 e. The van der Waals surface area contributed by atoms with Crippen molar-refractivity contribution in [3.05, 3.63) is 63.7 Å². The minimum atomic E-state index is -0.472. The molecule has 0 saturated carbocycles. The van der Waals surface area contributed by atoms with E-state index in [4.69, 9.17) is 9.68 Å². The van der Waals surface area contributed by atoms with Crippen molar-refractivity contribution < 1.29 is 14.5 Å². The van der Waals surface area contributed by atoms with Gasteiger partial charge in [-0.3, -0.25) is 5.32 Å². The molecule has 1 N–H and O–H groups in total. The second-order valence-corrected chi connectivity index (χ2v) is 8.04. The molecule has 2 heterocycles. The van der Waals surface area contributed by atoms with Crippen LogP contribution >= 0.6 is 22.6 Å². The highest BCUT2D eigenvalue weighted by molar-refractivity contribution is 14.1. The van der Waals surface area contributed by atoms with E-state index in [1.165, 1.54) is 0 Å². The number of oxime groups is 1. The Morgan fingerprint density at radius 1 is 1.11 bits per heavy atom. The molecule has 0 atom stereocenters. The predicted molar refractivity (Wildman–Crippen MR) is 111 cm³/mol. The first-order valence-electron chi connectivity index (χ1n) is 8.92. The summed E-state index contributed by atoms with van der Waals surface area (Å²) in [7, 11) is 0. The van der Waals surface area contributed by atoms with Crippen LogP contribution < -0.4 is 5.32 Å². The van der Waals surface area contributed by atoms with Crippen LogP contribution in [0, 0.1) is 3.57 Å². The maximum absolute atomic E-state index is 12.1. The summed E-state index contributed by atoms with van der Waals surface area (Å²) in [5, 5.41) is 8.75. The molecule has 140 valence electrons. The zero-order valence-electron chi connectivity index (χ0n) is 14.7. The van der Waals surface area contributed by atoms with Crippen molar-refractivity contribution >= 4 is 40.1 Å². The second-order valence-electron chi connectivity index (χ2n) is 6.79. The van der Waals surface area contributed by atoms with Gasteiger partial charge in [-0.25, -0.2) is 4.79 Å². The third-order valence-electron chi connectivity index (χ3n) is 4.88. The van der Waals surface area contributed by atoms with Gasteiger partial charge in [0.15, 0.2) is 0 Å². The smallest absolute Gasteiger partial charge is 0.388 e. The molecular formula is C20H20IN3O3. The molecule has 27 heavy (non-hydrogen) atoms. The Morgan fingerprint density at radius 3 is 2.52 bits per heavy atom. The quantitative estimate of drug-likeness (QED) is 0.666. The van der Waals surface area contributed by atoms with E-state index in [0.29, 0.717) is 18.8 Å². The zero-order chi connectivity index (χ0) is 18.7. The number of hydrogen-bond donors (Lipinski definition) is 1. The number of piperidine rings is 1. The largest absolute Gasteiger partial charge is 0.430 e. The summed E-state index contributed by atoms with van der Waals surface area (Å²) >= 11 is 2.22. The molecule has 1 saturated heterocycles. The Hall–Kier alpha value is -2.13. The number of rotatable bonds is 3. The fourth-order valence-corrected chi connectivity index (χ4v) is 3.71. The first-order valence-corrected chi connectivity index (χ1v) is 10.00. The number of halogens is 1. The van der Waals surface area contributed by atoms with Crippen LogP contribution in [0.3, 0.4) is 0 Å². The Labute approximate surface area is 171 Å². The molecular weight excluding hydrogens is 457 g/mol. The Morgan fingerprint density at radius 2 is 1.81 bits per heavy atom. The van der Waals surface area contributed by atoms with Gasteiger partial charge in [0.05, 0.1) is 5.71 Å². The van der Waals surface area contributed by atoms with Crippen LogP contribution in [0.15, 0.2) is 59.8 Å². The van der Waals surface area contributed by atoms with Gasteiger partial charge in [0, 0.05) is 41.6 Å². The van der Waals surface area contributed by atoms with Crippen LogP contribution in [0.2, 0.25) is 0 Å². The van der Waals surface area contributed by atoms with Crippen LogP contribution in [-0.4, -0.2) is 35.6 Å². The number of nitrogens with zero attached hydrogens (tertiary/aromatic N) is 2. The number of amides is 1. The maximum atomic E-state index is 12.1. The van der Waals surface area contributed by atoms with Crippen LogP contribution in [-0.2, 0) is 9.68 Å². The van der Waals surface area contributed by atoms with Gasteiger partial charge >= 0.3 is 6.09 Å². The Bertz CT molecular complexity index is 831. The van der Waals surface area contributed by atoms with Crippen molar-refractivity contribution in [1.82, 2.24) is 5.06 Å². The maximum Gasteiger partial charge on any atom is 0.430 e. The molecule has 2 aromatic rings. The van der Waals surface area contributed by atoms with Crippen molar-refractivity contribution in [3.63, 3.8) is 0 Å². The number of carbonyl (C=O) groups excluding carboxylic acids is 1. The highest BCUT2D eigenvalue weighted by Crippen LogP contribution is 2.36. The molecule has 0 radical (unpaired) electrons. The van der Waals surface area contributed by atoms with Gasteiger partial charge in [-0.05, 0) is 52.4 Å². The van der Waals surface area contributed by atoms with Crippen molar-refractivity contribution in [1.29, 1.82) is 0 Å². The lowest BCUT2D eigenvalue weighted by molar-refractivity contribution is -0.154. The van der Waals surface area contributed by atoms with Gasteiger partial charge < -0.3 is 9.68 Å². The normalized spacial score (nSPS) is 18.6. The molecule has 0 bridgehead atoms. The van der Waals surface area contributed by atoms with E-state index in [1.807, 2.05) is 54.6 Å². The van der Waals surface area contributed by atoms with Gasteiger partial charge in [-0.2, -0.15) is 0 Å². The lowest BCUT2D eigenvalue weighted by Crippen LogP contribution is -2.45. The number of benzene rings is 2. The molecule has 2 aliphatic rings. The van der Waals surface area contributed by atoms with E-state index in [0.717, 1.165) is 34.1 Å². The van der Waals surface area contributed by atoms with E-state index in [1.54, 1.807) is 5.06 Å². The van der Waals surface area contributed by atoms with Crippen molar-refractivity contribution in [2.24, 2.45) is 5.16 Å². The predicted octanol–water partition coefficient (Wildman–Crippen LogP) is 4.41. The molecule has 4 rings (SSSR count). The summed E-state index contributed by atoms with van der Waals surface area (Å²) in [5.41, 5.74) is 2.53. The van der Waals surface area contributed by atoms with Crippen molar-refractivity contribution in [2.75, 3.05) is 18.4 Å². The van der Waals surface area contributed by atoms with E-state index >= 15 is 0 Å². The van der Waals surface area contributed by atoms with Crippen LogP contribution in [0.1, 0.15) is 24.8 Å². The van der Waals surface area contributed by atoms with Crippen molar-refractivity contribution in [2.45, 2.75) is 24.9 Å².